The molecular formula is C20H18N2O2. The first kappa shape index (κ1) is 15.9. The Bertz CT molecular complexity index is 832. The number of ketones is 1. The summed E-state index contributed by atoms with van der Waals surface area (Å²) >= 11 is 0. The van der Waals surface area contributed by atoms with Gasteiger partial charge in [-0.1, -0.05) is 25.1 Å². The third-order valence-electron chi connectivity index (χ3n) is 3.59. The number of carbonyl (C=O) groups is 1. The maximum absolute atomic E-state index is 12.5. The SMILES string of the molecule is CCc1cccc(CC(=O)c2cccc(Oc3cccnc3)c2)n1. The van der Waals surface area contributed by atoms with Crippen LogP contribution in [0.5, 0.6) is 11.5 Å². The zero-order chi connectivity index (χ0) is 16.8. The van der Waals surface area contributed by atoms with Crippen molar-refractivity contribution in [3.63, 3.8) is 0 Å². The Morgan fingerprint density at radius 1 is 1.00 bits per heavy atom. The lowest BCUT2D eigenvalue weighted by Gasteiger charge is -2.07. The molecular weight excluding hydrogens is 300 g/mol. The molecule has 0 aliphatic rings. The molecule has 0 atom stereocenters. The predicted octanol–water partition coefficient (Wildman–Crippen LogP) is 4.26. The lowest BCUT2D eigenvalue weighted by atomic mass is 10.1. The molecule has 3 rings (SSSR count). The van der Waals surface area contributed by atoms with Crippen molar-refractivity contribution in [1.29, 1.82) is 0 Å². The lowest BCUT2D eigenvalue weighted by molar-refractivity contribution is 0.0991. The Labute approximate surface area is 141 Å². The largest absolute Gasteiger partial charge is 0.456 e. The van der Waals surface area contributed by atoms with E-state index in [2.05, 4.69) is 9.97 Å². The van der Waals surface area contributed by atoms with E-state index in [0.717, 1.165) is 17.8 Å². The highest BCUT2D eigenvalue weighted by molar-refractivity contribution is 5.97. The van der Waals surface area contributed by atoms with Gasteiger partial charge in [0, 0.05) is 23.1 Å². The van der Waals surface area contributed by atoms with Gasteiger partial charge >= 0.3 is 0 Å². The summed E-state index contributed by atoms with van der Waals surface area (Å²) in [4.78, 5) is 21.0. The molecule has 0 radical (unpaired) electrons. The van der Waals surface area contributed by atoms with Gasteiger partial charge in [0.25, 0.3) is 0 Å². The molecule has 2 heterocycles. The molecule has 24 heavy (non-hydrogen) atoms. The Morgan fingerprint density at radius 3 is 2.58 bits per heavy atom. The number of rotatable bonds is 6. The maximum Gasteiger partial charge on any atom is 0.168 e. The van der Waals surface area contributed by atoms with Crippen molar-refractivity contribution in [2.45, 2.75) is 19.8 Å². The molecule has 0 unspecified atom stereocenters. The maximum atomic E-state index is 12.5. The number of ether oxygens (including phenoxy) is 1. The molecule has 3 aromatic rings. The summed E-state index contributed by atoms with van der Waals surface area (Å²) in [6, 6.07) is 16.6. The molecule has 0 amide bonds. The van der Waals surface area contributed by atoms with Crippen LogP contribution >= 0.6 is 0 Å². The zero-order valence-electron chi connectivity index (χ0n) is 13.5. The summed E-state index contributed by atoms with van der Waals surface area (Å²) in [7, 11) is 0. The van der Waals surface area contributed by atoms with E-state index in [4.69, 9.17) is 4.74 Å². The molecule has 0 saturated carbocycles. The van der Waals surface area contributed by atoms with E-state index in [-0.39, 0.29) is 12.2 Å². The monoisotopic (exact) mass is 318 g/mol. The smallest absolute Gasteiger partial charge is 0.168 e. The Kier molecular flexibility index (Phi) is 4.96. The van der Waals surface area contributed by atoms with Gasteiger partial charge < -0.3 is 4.74 Å². The van der Waals surface area contributed by atoms with E-state index in [0.29, 0.717) is 17.1 Å². The van der Waals surface area contributed by atoms with Gasteiger partial charge in [0.05, 0.1) is 12.6 Å². The second-order valence-electron chi connectivity index (χ2n) is 5.39. The Morgan fingerprint density at radius 2 is 1.79 bits per heavy atom. The van der Waals surface area contributed by atoms with Gasteiger partial charge in [-0.3, -0.25) is 14.8 Å². The fraction of sp³-hybridized carbons (Fsp3) is 0.150. The quantitative estimate of drug-likeness (QED) is 0.637. The molecule has 0 aliphatic carbocycles. The van der Waals surface area contributed by atoms with E-state index in [1.54, 1.807) is 30.6 Å². The third kappa shape index (κ3) is 4.04. The van der Waals surface area contributed by atoms with Gasteiger partial charge in [-0.25, -0.2) is 0 Å². The second kappa shape index (κ2) is 7.51. The van der Waals surface area contributed by atoms with Crippen molar-refractivity contribution < 1.29 is 9.53 Å². The van der Waals surface area contributed by atoms with Crippen LogP contribution < -0.4 is 4.74 Å². The van der Waals surface area contributed by atoms with E-state index < -0.39 is 0 Å². The number of carbonyl (C=O) groups excluding carboxylic acids is 1. The fourth-order valence-corrected chi connectivity index (χ4v) is 2.37. The van der Waals surface area contributed by atoms with Crippen LogP contribution in [0.15, 0.2) is 67.0 Å². The van der Waals surface area contributed by atoms with Crippen LogP contribution in [0.25, 0.3) is 0 Å². The standard InChI is InChI=1S/C20H18N2O2/c1-2-16-7-4-8-17(22-16)13-20(23)15-6-3-9-18(12-15)24-19-10-5-11-21-14-19/h3-12,14H,2,13H2,1H3. The highest BCUT2D eigenvalue weighted by atomic mass is 16.5. The molecule has 2 aromatic heterocycles. The summed E-state index contributed by atoms with van der Waals surface area (Å²) in [6.07, 6.45) is 4.46. The van der Waals surface area contributed by atoms with Gasteiger partial charge in [0.1, 0.15) is 11.5 Å². The van der Waals surface area contributed by atoms with Crippen LogP contribution in [0.2, 0.25) is 0 Å². The van der Waals surface area contributed by atoms with E-state index >= 15 is 0 Å². The molecule has 0 saturated heterocycles. The van der Waals surface area contributed by atoms with E-state index in [1.807, 2.05) is 43.3 Å². The van der Waals surface area contributed by atoms with Gasteiger partial charge in [-0.15, -0.1) is 0 Å². The van der Waals surface area contributed by atoms with Gasteiger partial charge in [-0.2, -0.15) is 0 Å². The molecule has 4 nitrogen and oxygen atoms in total. The minimum absolute atomic E-state index is 0.0207. The molecule has 1 aromatic carbocycles. The van der Waals surface area contributed by atoms with Crippen LogP contribution in [0.1, 0.15) is 28.7 Å². The van der Waals surface area contributed by atoms with Gasteiger partial charge in [0.2, 0.25) is 0 Å². The molecule has 0 aliphatic heterocycles. The predicted molar refractivity (Wildman–Crippen MR) is 92.4 cm³/mol. The minimum atomic E-state index is 0.0207. The number of nitrogens with zero attached hydrogens (tertiary/aromatic N) is 2. The topological polar surface area (TPSA) is 52.1 Å². The fourth-order valence-electron chi connectivity index (χ4n) is 2.37. The third-order valence-corrected chi connectivity index (χ3v) is 3.59. The van der Waals surface area contributed by atoms with E-state index in [1.165, 1.54) is 0 Å². The van der Waals surface area contributed by atoms with Crippen molar-refractivity contribution in [3.05, 3.63) is 83.9 Å². The molecule has 4 heteroatoms. The first-order valence-corrected chi connectivity index (χ1v) is 7.90. The van der Waals surface area contributed by atoms with Gasteiger partial charge in [0.15, 0.2) is 5.78 Å². The lowest BCUT2D eigenvalue weighted by Crippen LogP contribution is -2.06. The molecule has 0 bridgehead atoms. The molecule has 0 spiro atoms. The minimum Gasteiger partial charge on any atom is -0.456 e. The van der Waals surface area contributed by atoms with Crippen LogP contribution in [0.4, 0.5) is 0 Å². The first-order chi connectivity index (χ1) is 11.7. The second-order valence-corrected chi connectivity index (χ2v) is 5.39. The van der Waals surface area contributed by atoms with Crippen molar-refractivity contribution >= 4 is 5.78 Å². The number of Topliss-reactive ketones (excluding diaryl/α,β-unsaturated/α-hetero) is 1. The summed E-state index contributed by atoms with van der Waals surface area (Å²) in [5.41, 5.74) is 2.40. The van der Waals surface area contributed by atoms with Crippen molar-refractivity contribution in [2.75, 3.05) is 0 Å². The number of pyridine rings is 2. The zero-order valence-corrected chi connectivity index (χ0v) is 13.5. The normalized spacial score (nSPS) is 10.4. The average Bonchev–Trinajstić information content (AvgIpc) is 2.63. The molecule has 0 fully saturated rings. The number of hydrogen-bond acceptors (Lipinski definition) is 4. The van der Waals surface area contributed by atoms with Crippen LogP contribution in [-0.2, 0) is 12.8 Å². The first-order valence-electron chi connectivity index (χ1n) is 7.90. The Balaban J connectivity index is 1.74. The average molecular weight is 318 g/mol. The summed E-state index contributed by atoms with van der Waals surface area (Å²) in [5, 5.41) is 0. The van der Waals surface area contributed by atoms with E-state index in [9.17, 15) is 4.79 Å². The van der Waals surface area contributed by atoms with Crippen LogP contribution in [-0.4, -0.2) is 15.8 Å². The highest BCUT2D eigenvalue weighted by Gasteiger charge is 2.10. The summed E-state index contributed by atoms with van der Waals surface area (Å²) < 4.78 is 5.73. The number of aromatic nitrogens is 2. The van der Waals surface area contributed by atoms with Gasteiger partial charge in [-0.05, 0) is 42.8 Å². The van der Waals surface area contributed by atoms with Crippen LogP contribution in [0.3, 0.4) is 0 Å². The van der Waals surface area contributed by atoms with Crippen molar-refractivity contribution in [1.82, 2.24) is 9.97 Å². The molecule has 0 N–H and O–H groups in total. The van der Waals surface area contributed by atoms with Crippen LogP contribution in [0, 0.1) is 0 Å². The van der Waals surface area contributed by atoms with Crippen molar-refractivity contribution in [3.8, 4) is 11.5 Å². The number of hydrogen-bond donors (Lipinski definition) is 0. The molecule has 120 valence electrons. The van der Waals surface area contributed by atoms with Crippen molar-refractivity contribution in [2.24, 2.45) is 0 Å². The summed E-state index contributed by atoms with van der Waals surface area (Å²) in [6.45, 7) is 2.05. The number of aryl methyl sites for hydroxylation is 1. The highest BCUT2D eigenvalue weighted by Crippen LogP contribution is 2.21. The number of benzene rings is 1. The summed E-state index contributed by atoms with van der Waals surface area (Å²) in [5.74, 6) is 1.27. The Hall–Kier alpha value is -3.01.